The molecule has 0 amide bonds. The van der Waals surface area contributed by atoms with E-state index in [0.29, 0.717) is 11.9 Å². The van der Waals surface area contributed by atoms with Crippen LogP contribution in [0.1, 0.15) is 13.3 Å². The Morgan fingerprint density at radius 2 is 2.46 bits per heavy atom. The fourth-order valence-electron chi connectivity index (χ4n) is 1.15. The summed E-state index contributed by atoms with van der Waals surface area (Å²) in [7, 11) is 0. The smallest absolute Gasteiger partial charge is 0.319 e. The molecule has 13 heavy (non-hydrogen) atoms. The number of halogens is 1. The van der Waals surface area contributed by atoms with Crippen LogP contribution in [0.4, 0.5) is 0 Å². The lowest BCUT2D eigenvalue weighted by atomic mass is 10.1. The summed E-state index contributed by atoms with van der Waals surface area (Å²) >= 11 is 4.70. The molecule has 0 saturated carbocycles. The molecule has 3 nitrogen and oxygen atoms in total. The molecule has 0 aliphatic carbocycles. The van der Waals surface area contributed by atoms with Crippen LogP contribution in [0.5, 0.6) is 0 Å². The van der Waals surface area contributed by atoms with Crippen LogP contribution in [0.15, 0.2) is 0 Å². The Morgan fingerprint density at radius 1 is 1.85 bits per heavy atom. The molecule has 76 valence electrons. The Morgan fingerprint density at radius 3 is 2.92 bits per heavy atom. The van der Waals surface area contributed by atoms with E-state index >= 15 is 0 Å². The lowest BCUT2D eigenvalue weighted by Crippen LogP contribution is -2.42. The fourth-order valence-corrected chi connectivity index (χ4v) is 2.99. The van der Waals surface area contributed by atoms with Gasteiger partial charge in [-0.15, -0.1) is 11.8 Å². The van der Waals surface area contributed by atoms with Gasteiger partial charge in [0.2, 0.25) is 0 Å². The van der Waals surface area contributed by atoms with Crippen LogP contribution < -0.4 is 0 Å². The second-order valence-electron chi connectivity index (χ2n) is 2.87. The molecule has 0 aromatic carbocycles. The van der Waals surface area contributed by atoms with E-state index in [1.807, 2.05) is 0 Å². The third-order valence-corrected chi connectivity index (χ3v) is 4.16. The van der Waals surface area contributed by atoms with Gasteiger partial charge in [0, 0.05) is 10.6 Å². The molecule has 0 aromatic rings. The minimum absolute atomic E-state index is 0.0568. The van der Waals surface area contributed by atoms with Crippen LogP contribution in [0.2, 0.25) is 0 Å². The maximum Gasteiger partial charge on any atom is 0.319 e. The van der Waals surface area contributed by atoms with Gasteiger partial charge in [0.15, 0.2) is 0 Å². The number of rotatable bonds is 4. The first kappa shape index (κ1) is 11.3. The Balaban J connectivity index is 2.21. The van der Waals surface area contributed by atoms with Crippen molar-refractivity contribution in [2.45, 2.75) is 29.9 Å². The summed E-state index contributed by atoms with van der Waals surface area (Å²) in [4.78, 5) is 11.1. The lowest BCUT2D eigenvalue weighted by molar-refractivity contribution is -0.143. The van der Waals surface area contributed by atoms with Crippen LogP contribution in [0, 0.1) is 0 Å². The number of thioether (sulfide) groups is 1. The number of hydrogen-bond donors (Lipinski definition) is 1. The third-order valence-electron chi connectivity index (χ3n) is 1.92. The molecule has 1 N–H and O–H groups in total. The van der Waals surface area contributed by atoms with Gasteiger partial charge in [0.1, 0.15) is 5.25 Å². The summed E-state index contributed by atoms with van der Waals surface area (Å²) in [5.74, 6) is -0.148. The molecule has 0 spiro atoms. The Bertz CT molecular complexity index is 182. The summed E-state index contributed by atoms with van der Waals surface area (Å²) in [6.45, 7) is 2.23. The van der Waals surface area contributed by atoms with E-state index in [4.69, 9.17) is 4.74 Å². The van der Waals surface area contributed by atoms with E-state index < -0.39 is 0 Å². The predicted octanol–water partition coefficient (Wildman–Crippen LogP) is 1.18. The highest BCUT2D eigenvalue weighted by molar-refractivity contribution is 9.09. The van der Waals surface area contributed by atoms with E-state index in [9.17, 15) is 9.90 Å². The molecule has 0 aromatic heterocycles. The molecular weight excluding hydrogens is 256 g/mol. The first-order valence-electron chi connectivity index (χ1n) is 4.25. The lowest BCUT2D eigenvalue weighted by Gasteiger charge is -2.35. The van der Waals surface area contributed by atoms with Gasteiger partial charge in [-0.05, 0) is 13.3 Å². The van der Waals surface area contributed by atoms with E-state index in [-0.39, 0.29) is 22.6 Å². The molecule has 1 aliphatic rings. The summed E-state index contributed by atoms with van der Waals surface area (Å²) < 4.78 is 4.85. The second-order valence-corrected chi connectivity index (χ2v) is 4.97. The summed E-state index contributed by atoms with van der Waals surface area (Å²) in [6.07, 6.45) is 0.381. The second kappa shape index (κ2) is 5.22. The first-order chi connectivity index (χ1) is 6.19. The van der Waals surface area contributed by atoms with Crippen molar-refractivity contribution in [2.75, 3.05) is 11.9 Å². The summed E-state index contributed by atoms with van der Waals surface area (Å²) in [5.41, 5.74) is 0. The number of aliphatic hydroxyl groups excluding tert-OH is 1. The monoisotopic (exact) mass is 268 g/mol. The molecule has 0 bridgehead atoms. The fraction of sp³-hybridized carbons (Fsp3) is 0.875. The number of carbonyl (C=O) groups is 1. The van der Waals surface area contributed by atoms with Gasteiger partial charge < -0.3 is 9.84 Å². The zero-order valence-electron chi connectivity index (χ0n) is 7.40. The van der Waals surface area contributed by atoms with Crippen LogP contribution in [-0.4, -0.2) is 39.6 Å². The average Bonchev–Trinajstić information content (AvgIpc) is 2.01. The van der Waals surface area contributed by atoms with Crippen LogP contribution >= 0.6 is 27.7 Å². The number of alkyl halides is 1. The number of ether oxygens (including phenoxy) is 1. The zero-order chi connectivity index (χ0) is 9.84. The molecular formula is C8H13BrO3S. The van der Waals surface area contributed by atoms with Gasteiger partial charge >= 0.3 is 5.97 Å². The van der Waals surface area contributed by atoms with Gasteiger partial charge in [-0.1, -0.05) is 15.9 Å². The third kappa shape index (κ3) is 2.86. The highest BCUT2D eigenvalue weighted by Crippen LogP contribution is 2.39. The highest BCUT2D eigenvalue weighted by atomic mass is 79.9. The quantitative estimate of drug-likeness (QED) is 0.615. The van der Waals surface area contributed by atoms with E-state index in [2.05, 4.69) is 15.9 Å². The van der Waals surface area contributed by atoms with E-state index in [1.54, 1.807) is 6.92 Å². The number of esters is 1. The Hall–Kier alpha value is 0.260. The molecule has 3 unspecified atom stereocenters. The molecule has 1 saturated heterocycles. The normalized spacial score (nSPS) is 29.2. The minimum atomic E-state index is -0.351. The number of aliphatic hydroxyl groups is 1. The van der Waals surface area contributed by atoms with Gasteiger partial charge in [0.05, 0.1) is 12.7 Å². The van der Waals surface area contributed by atoms with Crippen molar-refractivity contribution < 1.29 is 14.6 Å². The topological polar surface area (TPSA) is 46.5 Å². The van der Waals surface area contributed by atoms with Crippen molar-refractivity contribution in [2.24, 2.45) is 0 Å². The van der Waals surface area contributed by atoms with Gasteiger partial charge in [-0.2, -0.15) is 0 Å². The van der Waals surface area contributed by atoms with Crippen molar-refractivity contribution in [1.29, 1.82) is 0 Å². The number of hydrogen-bond acceptors (Lipinski definition) is 4. The molecule has 1 rings (SSSR count). The van der Waals surface area contributed by atoms with Gasteiger partial charge in [-0.25, -0.2) is 0 Å². The van der Waals surface area contributed by atoms with Crippen molar-refractivity contribution in [3.8, 4) is 0 Å². The molecule has 5 heteroatoms. The van der Waals surface area contributed by atoms with Crippen molar-refractivity contribution in [3.63, 3.8) is 0 Å². The maximum atomic E-state index is 11.1. The van der Waals surface area contributed by atoms with Crippen molar-refractivity contribution in [1.82, 2.24) is 0 Å². The standard InChI is InChI=1S/C8H13BrO3S/c1-2-12-8(11)7-3-6(13-7)5(10)4-9/h5-7,10H,2-4H2,1H3. The number of carbonyl (C=O) groups excluding carboxylic acids is 1. The van der Waals surface area contributed by atoms with E-state index in [0.717, 1.165) is 6.42 Å². The SMILES string of the molecule is CCOC(=O)C1CC(C(O)CBr)S1. The van der Waals surface area contributed by atoms with Gasteiger partial charge in [-0.3, -0.25) is 4.79 Å². The first-order valence-corrected chi connectivity index (χ1v) is 6.31. The largest absolute Gasteiger partial charge is 0.465 e. The maximum absolute atomic E-state index is 11.1. The minimum Gasteiger partial charge on any atom is -0.465 e. The van der Waals surface area contributed by atoms with Crippen molar-refractivity contribution >= 4 is 33.7 Å². The highest BCUT2D eigenvalue weighted by Gasteiger charge is 2.39. The molecule has 1 fully saturated rings. The van der Waals surface area contributed by atoms with Crippen LogP contribution in [0.3, 0.4) is 0 Å². The molecule has 1 heterocycles. The van der Waals surface area contributed by atoms with Gasteiger partial charge in [0.25, 0.3) is 0 Å². The van der Waals surface area contributed by atoms with Crippen LogP contribution in [-0.2, 0) is 9.53 Å². The summed E-state index contributed by atoms with van der Waals surface area (Å²) in [6, 6.07) is 0. The molecule has 0 radical (unpaired) electrons. The Labute approximate surface area is 90.3 Å². The summed E-state index contributed by atoms with van der Waals surface area (Å²) in [5, 5.41) is 10.1. The predicted molar refractivity (Wildman–Crippen MR) is 56.2 cm³/mol. The van der Waals surface area contributed by atoms with E-state index in [1.165, 1.54) is 11.8 Å². The van der Waals surface area contributed by atoms with Crippen LogP contribution in [0.25, 0.3) is 0 Å². The van der Waals surface area contributed by atoms with Crippen molar-refractivity contribution in [3.05, 3.63) is 0 Å². The molecule has 3 atom stereocenters. The average molecular weight is 269 g/mol. The zero-order valence-corrected chi connectivity index (χ0v) is 9.81. The molecule has 1 aliphatic heterocycles. The Kier molecular flexibility index (Phi) is 4.55.